The fourth-order valence-corrected chi connectivity index (χ4v) is 4.00. The summed E-state index contributed by atoms with van der Waals surface area (Å²) in [6.45, 7) is 4.43. The predicted octanol–water partition coefficient (Wildman–Crippen LogP) is 5.00. The van der Waals surface area contributed by atoms with Gasteiger partial charge in [0.15, 0.2) is 0 Å². The summed E-state index contributed by atoms with van der Waals surface area (Å²) in [7, 11) is 3.86. The standard InChI is InChI=1S/C27H27ClN6O2/c1-17-10-11-20(30-24(35)9-6-14-33(3)4)16-23(17)34-25-21(28)7-5-8-22(25)31-27(34)32-26(36)19-12-13-29-18(2)15-19/h5-13,15-16H,14H2,1-4H3,(H,30,35)(H,31,32,36). The van der Waals surface area contributed by atoms with E-state index in [1.807, 2.05) is 63.2 Å². The maximum Gasteiger partial charge on any atom is 0.258 e. The molecule has 8 nitrogen and oxygen atoms in total. The highest BCUT2D eigenvalue weighted by Gasteiger charge is 2.19. The molecule has 9 heteroatoms. The summed E-state index contributed by atoms with van der Waals surface area (Å²) < 4.78 is 1.80. The molecular weight excluding hydrogens is 476 g/mol. The Morgan fingerprint density at radius 3 is 2.64 bits per heavy atom. The van der Waals surface area contributed by atoms with Gasteiger partial charge in [0.25, 0.3) is 5.91 Å². The van der Waals surface area contributed by atoms with E-state index in [0.29, 0.717) is 39.8 Å². The zero-order chi connectivity index (χ0) is 25.8. The van der Waals surface area contributed by atoms with E-state index in [-0.39, 0.29) is 11.8 Å². The molecule has 2 aromatic heterocycles. The molecule has 4 aromatic rings. The van der Waals surface area contributed by atoms with E-state index in [9.17, 15) is 9.59 Å². The van der Waals surface area contributed by atoms with Crippen molar-refractivity contribution < 1.29 is 9.59 Å². The topological polar surface area (TPSA) is 92.2 Å². The number of nitrogens with one attached hydrogen (secondary N) is 2. The summed E-state index contributed by atoms with van der Waals surface area (Å²) in [5.74, 6) is -0.238. The number of aromatic nitrogens is 3. The molecule has 0 saturated heterocycles. The molecule has 2 N–H and O–H groups in total. The maximum atomic E-state index is 13.1. The lowest BCUT2D eigenvalue weighted by Crippen LogP contribution is -2.16. The van der Waals surface area contributed by atoms with Crippen molar-refractivity contribution in [3.63, 3.8) is 0 Å². The molecule has 2 heterocycles. The molecule has 36 heavy (non-hydrogen) atoms. The van der Waals surface area contributed by atoms with Crippen LogP contribution in [-0.4, -0.2) is 51.9 Å². The normalized spacial score (nSPS) is 11.4. The van der Waals surface area contributed by atoms with Gasteiger partial charge in [-0.2, -0.15) is 0 Å². The molecule has 0 aliphatic carbocycles. The zero-order valence-electron chi connectivity index (χ0n) is 20.5. The predicted molar refractivity (Wildman–Crippen MR) is 144 cm³/mol. The lowest BCUT2D eigenvalue weighted by Gasteiger charge is -2.15. The molecule has 0 fully saturated rings. The van der Waals surface area contributed by atoms with Crippen molar-refractivity contribution in [2.24, 2.45) is 0 Å². The Bertz CT molecular complexity index is 1470. The minimum absolute atomic E-state index is 0.234. The number of benzene rings is 2. The number of anilines is 2. The third-order valence-corrected chi connectivity index (χ3v) is 5.77. The molecule has 0 radical (unpaired) electrons. The summed E-state index contributed by atoms with van der Waals surface area (Å²) in [4.78, 5) is 36.3. The van der Waals surface area contributed by atoms with Crippen molar-refractivity contribution in [2.75, 3.05) is 31.3 Å². The van der Waals surface area contributed by atoms with Gasteiger partial charge in [0, 0.05) is 35.8 Å². The van der Waals surface area contributed by atoms with Gasteiger partial charge < -0.3 is 10.2 Å². The molecule has 0 atom stereocenters. The van der Waals surface area contributed by atoms with Gasteiger partial charge in [0.1, 0.15) is 0 Å². The van der Waals surface area contributed by atoms with Crippen LogP contribution in [0.4, 0.5) is 11.6 Å². The van der Waals surface area contributed by atoms with E-state index in [1.54, 1.807) is 35.0 Å². The van der Waals surface area contributed by atoms with Gasteiger partial charge in [-0.25, -0.2) is 4.98 Å². The van der Waals surface area contributed by atoms with Gasteiger partial charge in [-0.05, 0) is 69.9 Å². The van der Waals surface area contributed by atoms with E-state index in [2.05, 4.69) is 20.6 Å². The van der Waals surface area contributed by atoms with Crippen molar-refractivity contribution in [1.82, 2.24) is 19.4 Å². The van der Waals surface area contributed by atoms with Crippen LogP contribution < -0.4 is 10.6 Å². The number of hydrogen-bond acceptors (Lipinski definition) is 5. The fourth-order valence-electron chi connectivity index (χ4n) is 3.75. The summed E-state index contributed by atoms with van der Waals surface area (Å²) in [5.41, 5.74) is 4.72. The first-order chi connectivity index (χ1) is 17.2. The smallest absolute Gasteiger partial charge is 0.258 e. The van der Waals surface area contributed by atoms with Crippen molar-refractivity contribution in [3.05, 3.63) is 88.7 Å². The van der Waals surface area contributed by atoms with Crippen LogP contribution in [0.25, 0.3) is 16.7 Å². The third-order valence-electron chi connectivity index (χ3n) is 5.47. The monoisotopic (exact) mass is 502 g/mol. The number of imidazole rings is 1. The van der Waals surface area contributed by atoms with Gasteiger partial charge in [-0.15, -0.1) is 0 Å². The van der Waals surface area contributed by atoms with Gasteiger partial charge in [0.05, 0.1) is 21.7 Å². The first kappa shape index (κ1) is 25.1. The molecule has 184 valence electrons. The van der Waals surface area contributed by atoms with Crippen molar-refractivity contribution in [1.29, 1.82) is 0 Å². The number of rotatable bonds is 7. The molecule has 0 aliphatic heterocycles. The molecule has 2 amide bonds. The number of aryl methyl sites for hydroxylation is 2. The van der Waals surface area contributed by atoms with Gasteiger partial charge >= 0.3 is 0 Å². The first-order valence-electron chi connectivity index (χ1n) is 11.4. The molecule has 0 bridgehead atoms. The van der Waals surface area contributed by atoms with Crippen LogP contribution >= 0.6 is 11.6 Å². The van der Waals surface area contributed by atoms with E-state index < -0.39 is 0 Å². The minimum atomic E-state index is -0.318. The Kier molecular flexibility index (Phi) is 7.47. The number of para-hydroxylation sites is 1. The Labute approximate surface area is 214 Å². The van der Waals surface area contributed by atoms with Crippen molar-refractivity contribution >= 4 is 46.1 Å². The molecule has 0 aliphatic rings. The van der Waals surface area contributed by atoms with Crippen LogP contribution in [0.2, 0.25) is 5.02 Å². The van der Waals surface area contributed by atoms with Gasteiger partial charge in [0.2, 0.25) is 11.9 Å². The summed E-state index contributed by atoms with van der Waals surface area (Å²) in [6.07, 6.45) is 4.89. The Morgan fingerprint density at radius 2 is 1.89 bits per heavy atom. The summed E-state index contributed by atoms with van der Waals surface area (Å²) >= 11 is 6.59. The number of carbonyl (C=O) groups is 2. The van der Waals surface area contributed by atoms with E-state index in [4.69, 9.17) is 11.6 Å². The second-order valence-electron chi connectivity index (χ2n) is 8.67. The fraction of sp³-hybridized carbons (Fsp3) is 0.185. The lowest BCUT2D eigenvalue weighted by molar-refractivity contribution is -0.111. The Morgan fingerprint density at radius 1 is 1.08 bits per heavy atom. The van der Waals surface area contributed by atoms with Crippen molar-refractivity contribution in [3.8, 4) is 5.69 Å². The minimum Gasteiger partial charge on any atom is -0.322 e. The number of nitrogens with zero attached hydrogens (tertiary/aromatic N) is 4. The SMILES string of the molecule is Cc1cc(C(=O)Nc2nc3cccc(Cl)c3n2-c2cc(NC(=O)C=CCN(C)C)ccc2C)ccn1. The van der Waals surface area contributed by atoms with Crippen molar-refractivity contribution in [2.45, 2.75) is 13.8 Å². The molecule has 0 unspecified atom stereocenters. The molecule has 4 rings (SSSR count). The lowest BCUT2D eigenvalue weighted by atomic mass is 10.1. The number of carbonyl (C=O) groups excluding carboxylic acids is 2. The highest BCUT2D eigenvalue weighted by Crippen LogP contribution is 2.33. The van der Waals surface area contributed by atoms with Crippen LogP contribution in [-0.2, 0) is 4.79 Å². The van der Waals surface area contributed by atoms with E-state index >= 15 is 0 Å². The van der Waals surface area contributed by atoms with E-state index in [1.165, 1.54) is 6.08 Å². The maximum absolute atomic E-state index is 13.1. The quantitative estimate of drug-likeness (QED) is 0.347. The highest BCUT2D eigenvalue weighted by atomic mass is 35.5. The number of halogens is 1. The highest BCUT2D eigenvalue weighted by molar-refractivity contribution is 6.35. The number of likely N-dealkylation sites (N-methyl/N-ethyl adjacent to an activating group) is 1. The average Bonchev–Trinajstić information content (AvgIpc) is 3.19. The number of fused-ring (bicyclic) bond motifs is 1. The van der Waals surface area contributed by atoms with Gasteiger partial charge in [-0.1, -0.05) is 29.8 Å². The second kappa shape index (κ2) is 10.7. The second-order valence-corrected chi connectivity index (χ2v) is 9.08. The van der Waals surface area contributed by atoms with Crippen LogP contribution in [0.15, 0.2) is 66.9 Å². The molecular formula is C27H27ClN6O2. The number of amides is 2. The van der Waals surface area contributed by atoms with Crippen LogP contribution in [0.3, 0.4) is 0 Å². The average molecular weight is 503 g/mol. The molecule has 2 aromatic carbocycles. The first-order valence-corrected chi connectivity index (χ1v) is 11.7. The molecule has 0 saturated carbocycles. The van der Waals surface area contributed by atoms with Crippen LogP contribution in [0, 0.1) is 13.8 Å². The zero-order valence-corrected chi connectivity index (χ0v) is 21.3. The summed E-state index contributed by atoms with van der Waals surface area (Å²) in [5, 5.41) is 6.30. The number of hydrogen-bond donors (Lipinski definition) is 2. The largest absolute Gasteiger partial charge is 0.322 e. The molecule has 0 spiro atoms. The number of pyridine rings is 1. The Balaban J connectivity index is 1.75. The van der Waals surface area contributed by atoms with Crippen LogP contribution in [0.5, 0.6) is 0 Å². The van der Waals surface area contributed by atoms with Gasteiger partial charge in [-0.3, -0.25) is 24.5 Å². The summed E-state index contributed by atoms with van der Waals surface area (Å²) in [6, 6.07) is 14.3. The Hall–Kier alpha value is -4.01. The van der Waals surface area contributed by atoms with E-state index in [0.717, 1.165) is 16.9 Å². The van der Waals surface area contributed by atoms with Crippen LogP contribution in [0.1, 0.15) is 21.6 Å². The third kappa shape index (κ3) is 5.62.